The fourth-order valence-electron chi connectivity index (χ4n) is 6.41. The molecule has 4 heterocycles. The number of hydrogen-bond acceptors (Lipinski definition) is 2. The van der Waals surface area contributed by atoms with E-state index in [1.807, 2.05) is 19.2 Å². The Balaban J connectivity index is 1.46. The van der Waals surface area contributed by atoms with Crippen molar-refractivity contribution >= 4 is 40.4 Å². The van der Waals surface area contributed by atoms with Crippen LogP contribution in [0, 0.1) is 6.92 Å². The quantitative estimate of drug-likeness (QED) is 0.278. The summed E-state index contributed by atoms with van der Waals surface area (Å²) in [5.74, 6) is 0. The summed E-state index contributed by atoms with van der Waals surface area (Å²) < 4.78 is 2.44. The highest BCUT2D eigenvalue weighted by molar-refractivity contribution is 7.01. The molecule has 0 bridgehead atoms. The maximum absolute atomic E-state index is 4.94. The minimum absolute atomic E-state index is 0.980. The molecule has 182 valence electrons. The Bertz CT molecular complexity index is 1720. The summed E-state index contributed by atoms with van der Waals surface area (Å²) in [6.07, 6.45) is 5.92. The van der Waals surface area contributed by atoms with Gasteiger partial charge in [-0.1, -0.05) is 73.0 Å². The molecular weight excluding hydrogens is 468 g/mol. The molecule has 3 aromatic heterocycles. The van der Waals surface area contributed by atoms with Gasteiger partial charge in [-0.05, 0) is 61.5 Å². The van der Waals surface area contributed by atoms with E-state index < -0.39 is 8.07 Å². The van der Waals surface area contributed by atoms with Crippen molar-refractivity contribution < 1.29 is 0 Å². The highest BCUT2D eigenvalue weighted by Gasteiger charge is 2.39. The normalized spacial score (nSPS) is 15.4. The fourth-order valence-corrected chi connectivity index (χ4v) is 11.3. The van der Waals surface area contributed by atoms with Crippen LogP contribution in [0.25, 0.3) is 38.8 Å². The number of hydrogen-bond donors (Lipinski definition) is 1. The van der Waals surface area contributed by atoms with Crippen molar-refractivity contribution in [2.75, 3.05) is 0 Å². The zero-order valence-corrected chi connectivity index (χ0v) is 22.1. The van der Waals surface area contributed by atoms with Crippen molar-refractivity contribution in [3.05, 3.63) is 103 Å². The molecule has 5 heteroatoms. The van der Waals surface area contributed by atoms with Crippen molar-refractivity contribution in [2.24, 2.45) is 0 Å². The van der Waals surface area contributed by atoms with Crippen LogP contribution in [0.5, 0.6) is 0 Å². The molecule has 0 radical (unpaired) electrons. The number of fused-ring (bicyclic) bond motifs is 3. The maximum atomic E-state index is 4.94. The molecule has 0 atom stereocenters. The van der Waals surface area contributed by atoms with Gasteiger partial charge in [0.2, 0.25) is 0 Å². The third-order valence-electron chi connectivity index (χ3n) is 8.19. The van der Waals surface area contributed by atoms with Gasteiger partial charge in [0.05, 0.1) is 16.7 Å². The van der Waals surface area contributed by atoms with E-state index in [2.05, 4.69) is 99.7 Å². The third kappa shape index (κ3) is 3.65. The SMILES string of the molecule is Cc1cc(-c2ccc3c4ccccc4n(-c4cccc([Si]5(c6ccccn6)CCCCC5)c4)c3c2)n[nH]1. The van der Waals surface area contributed by atoms with Gasteiger partial charge in [-0.25, -0.2) is 0 Å². The standard InChI is InChI=1S/C32H30N4Si/c1-23-20-29(35-34-23)24-15-16-28-27-12-3-4-13-30(27)36(31(28)21-24)25-10-9-11-26(22-25)37(18-7-2-8-19-37)32-14-5-6-17-33-32/h3-6,9-17,20-22H,2,7-8,18-19H2,1H3,(H,34,35). The topological polar surface area (TPSA) is 46.5 Å². The van der Waals surface area contributed by atoms with Gasteiger partial charge >= 0.3 is 0 Å². The Morgan fingerprint density at radius 1 is 0.757 bits per heavy atom. The van der Waals surface area contributed by atoms with E-state index in [4.69, 9.17) is 4.98 Å². The molecule has 1 saturated heterocycles. The second kappa shape index (κ2) is 8.85. The fraction of sp³-hybridized carbons (Fsp3) is 0.188. The van der Waals surface area contributed by atoms with Gasteiger partial charge in [0.1, 0.15) is 8.07 Å². The van der Waals surface area contributed by atoms with Crippen molar-refractivity contribution in [2.45, 2.75) is 38.3 Å². The van der Waals surface area contributed by atoms with E-state index in [1.54, 1.807) is 0 Å². The van der Waals surface area contributed by atoms with Gasteiger partial charge in [0.25, 0.3) is 0 Å². The van der Waals surface area contributed by atoms with Crippen LogP contribution < -0.4 is 10.5 Å². The van der Waals surface area contributed by atoms with Crippen LogP contribution in [0.2, 0.25) is 12.1 Å². The molecule has 37 heavy (non-hydrogen) atoms. The predicted molar refractivity (Wildman–Crippen MR) is 156 cm³/mol. The van der Waals surface area contributed by atoms with Crippen LogP contribution in [0.1, 0.15) is 25.0 Å². The first kappa shape index (κ1) is 22.3. The highest BCUT2D eigenvalue weighted by Crippen LogP contribution is 2.35. The van der Waals surface area contributed by atoms with Crippen LogP contribution in [0.4, 0.5) is 0 Å². The summed E-state index contributed by atoms with van der Waals surface area (Å²) in [6, 6.07) is 36.0. The molecular formula is C32H30N4Si. The minimum Gasteiger partial charge on any atom is -0.309 e. The van der Waals surface area contributed by atoms with E-state index in [1.165, 1.54) is 69.3 Å². The summed E-state index contributed by atoms with van der Waals surface area (Å²) in [4.78, 5) is 4.94. The van der Waals surface area contributed by atoms with Crippen LogP contribution >= 0.6 is 0 Å². The Morgan fingerprint density at radius 2 is 1.59 bits per heavy atom. The Morgan fingerprint density at radius 3 is 2.41 bits per heavy atom. The molecule has 1 aliphatic rings. The molecule has 0 aliphatic carbocycles. The molecule has 6 aromatic rings. The average molecular weight is 499 g/mol. The highest BCUT2D eigenvalue weighted by atomic mass is 28.3. The van der Waals surface area contributed by atoms with Crippen molar-refractivity contribution in [1.82, 2.24) is 19.7 Å². The van der Waals surface area contributed by atoms with E-state index in [0.717, 1.165) is 17.0 Å². The Labute approximate surface area is 218 Å². The van der Waals surface area contributed by atoms with Gasteiger partial charge in [0.15, 0.2) is 0 Å². The van der Waals surface area contributed by atoms with Crippen molar-refractivity contribution in [3.63, 3.8) is 0 Å². The molecule has 0 saturated carbocycles. The monoisotopic (exact) mass is 498 g/mol. The van der Waals surface area contributed by atoms with E-state index >= 15 is 0 Å². The van der Waals surface area contributed by atoms with Gasteiger partial charge in [-0.2, -0.15) is 5.10 Å². The number of nitrogens with zero attached hydrogens (tertiary/aromatic N) is 3. The Hall–Kier alpha value is -3.96. The molecule has 0 spiro atoms. The molecule has 1 fully saturated rings. The number of rotatable bonds is 4. The second-order valence-electron chi connectivity index (χ2n) is 10.4. The van der Waals surface area contributed by atoms with Crippen LogP contribution in [0.3, 0.4) is 0 Å². The summed E-state index contributed by atoms with van der Waals surface area (Å²) in [5, 5.41) is 13.0. The molecule has 0 amide bonds. The number of H-pyrrole nitrogens is 1. The molecule has 7 rings (SSSR count). The smallest absolute Gasteiger partial charge is 0.141 e. The van der Waals surface area contributed by atoms with Gasteiger partial charge in [-0.15, -0.1) is 0 Å². The second-order valence-corrected chi connectivity index (χ2v) is 14.7. The average Bonchev–Trinajstić information content (AvgIpc) is 3.55. The number of benzene rings is 3. The molecule has 1 aliphatic heterocycles. The molecule has 1 N–H and O–H groups in total. The Kier molecular flexibility index (Phi) is 5.32. The van der Waals surface area contributed by atoms with Crippen molar-refractivity contribution in [1.29, 1.82) is 0 Å². The molecule has 3 aromatic carbocycles. The van der Waals surface area contributed by atoms with Gasteiger partial charge in [0, 0.05) is 39.2 Å². The number of aromatic nitrogens is 4. The third-order valence-corrected chi connectivity index (χ3v) is 13.3. The number of nitrogens with one attached hydrogen (secondary N) is 1. The minimum atomic E-state index is -1.91. The zero-order chi connectivity index (χ0) is 24.8. The number of aryl methyl sites for hydroxylation is 1. The predicted octanol–water partition coefficient (Wildman–Crippen LogP) is 6.62. The lowest BCUT2D eigenvalue weighted by molar-refractivity contribution is 0.719. The zero-order valence-electron chi connectivity index (χ0n) is 21.1. The lowest BCUT2D eigenvalue weighted by Crippen LogP contribution is -2.60. The van der Waals surface area contributed by atoms with Gasteiger partial charge in [-0.3, -0.25) is 10.1 Å². The van der Waals surface area contributed by atoms with E-state index in [-0.39, 0.29) is 0 Å². The van der Waals surface area contributed by atoms with E-state index in [0.29, 0.717) is 0 Å². The first-order valence-electron chi connectivity index (χ1n) is 13.3. The molecule has 4 nitrogen and oxygen atoms in total. The van der Waals surface area contributed by atoms with Crippen molar-refractivity contribution in [3.8, 4) is 16.9 Å². The first-order valence-corrected chi connectivity index (χ1v) is 15.7. The lowest BCUT2D eigenvalue weighted by Gasteiger charge is -2.35. The number of para-hydroxylation sites is 1. The van der Waals surface area contributed by atoms with Crippen LogP contribution in [0.15, 0.2) is 97.2 Å². The van der Waals surface area contributed by atoms with Gasteiger partial charge < -0.3 is 4.57 Å². The summed E-state index contributed by atoms with van der Waals surface area (Å²) in [7, 11) is -1.91. The summed E-state index contributed by atoms with van der Waals surface area (Å²) >= 11 is 0. The number of pyridine rings is 1. The first-order chi connectivity index (χ1) is 18.2. The summed E-state index contributed by atoms with van der Waals surface area (Å²) in [6.45, 7) is 2.05. The lowest BCUT2D eigenvalue weighted by atomic mass is 10.1. The maximum Gasteiger partial charge on any atom is 0.141 e. The largest absolute Gasteiger partial charge is 0.309 e. The van der Waals surface area contributed by atoms with Crippen LogP contribution in [-0.2, 0) is 0 Å². The summed E-state index contributed by atoms with van der Waals surface area (Å²) in [5.41, 5.74) is 6.86. The molecule has 0 unspecified atom stereocenters. The van der Waals surface area contributed by atoms with E-state index in [9.17, 15) is 0 Å². The number of aromatic amines is 1. The van der Waals surface area contributed by atoms with Crippen LogP contribution in [-0.4, -0.2) is 27.8 Å².